The standard InChI is InChI=1S/C17H16O3/c18-16-10-9-13-14(16)7-4-8-15(13)17(19)20-11-12-5-2-1-3-6-12/h1-8,16,18H,9-11H2/t16-/m1/s1. The van der Waals surface area contributed by atoms with Gasteiger partial charge < -0.3 is 9.84 Å². The first kappa shape index (κ1) is 12.9. The zero-order chi connectivity index (χ0) is 13.9. The fourth-order valence-corrected chi connectivity index (χ4v) is 2.62. The Morgan fingerprint density at radius 1 is 1.15 bits per heavy atom. The number of hydrogen-bond acceptors (Lipinski definition) is 3. The van der Waals surface area contributed by atoms with Crippen molar-refractivity contribution in [1.82, 2.24) is 0 Å². The number of carbonyl (C=O) groups excluding carboxylic acids is 1. The molecular formula is C17H16O3. The summed E-state index contributed by atoms with van der Waals surface area (Å²) >= 11 is 0. The van der Waals surface area contributed by atoms with Crippen molar-refractivity contribution in [2.24, 2.45) is 0 Å². The van der Waals surface area contributed by atoms with Crippen molar-refractivity contribution in [3.63, 3.8) is 0 Å². The molecule has 1 aliphatic rings. The van der Waals surface area contributed by atoms with Crippen LogP contribution in [-0.4, -0.2) is 11.1 Å². The topological polar surface area (TPSA) is 46.5 Å². The van der Waals surface area contributed by atoms with Crippen molar-refractivity contribution in [2.75, 3.05) is 0 Å². The van der Waals surface area contributed by atoms with Crippen LogP contribution >= 0.6 is 0 Å². The highest BCUT2D eigenvalue weighted by molar-refractivity contribution is 5.91. The van der Waals surface area contributed by atoms with Crippen LogP contribution in [0.3, 0.4) is 0 Å². The minimum Gasteiger partial charge on any atom is -0.457 e. The lowest BCUT2D eigenvalue weighted by atomic mass is 10.0. The quantitative estimate of drug-likeness (QED) is 0.870. The van der Waals surface area contributed by atoms with E-state index in [0.29, 0.717) is 12.0 Å². The van der Waals surface area contributed by atoms with Crippen molar-refractivity contribution in [3.8, 4) is 0 Å². The highest BCUT2D eigenvalue weighted by atomic mass is 16.5. The van der Waals surface area contributed by atoms with Crippen LogP contribution in [0, 0.1) is 0 Å². The number of ether oxygens (including phenoxy) is 1. The molecule has 20 heavy (non-hydrogen) atoms. The van der Waals surface area contributed by atoms with Crippen LogP contribution in [0.1, 0.15) is 39.6 Å². The second-order valence-electron chi connectivity index (χ2n) is 4.99. The van der Waals surface area contributed by atoms with E-state index in [0.717, 1.165) is 23.1 Å². The second-order valence-corrected chi connectivity index (χ2v) is 4.99. The Morgan fingerprint density at radius 2 is 1.95 bits per heavy atom. The van der Waals surface area contributed by atoms with Gasteiger partial charge in [-0.15, -0.1) is 0 Å². The number of fused-ring (bicyclic) bond motifs is 1. The molecule has 0 unspecified atom stereocenters. The van der Waals surface area contributed by atoms with Crippen molar-refractivity contribution < 1.29 is 14.6 Å². The Kier molecular flexibility index (Phi) is 3.52. The number of aliphatic hydroxyl groups is 1. The molecule has 0 saturated heterocycles. The van der Waals surface area contributed by atoms with Crippen molar-refractivity contribution >= 4 is 5.97 Å². The number of benzene rings is 2. The summed E-state index contributed by atoms with van der Waals surface area (Å²) in [5, 5.41) is 9.84. The molecule has 3 rings (SSSR count). The highest BCUT2D eigenvalue weighted by Gasteiger charge is 2.25. The van der Waals surface area contributed by atoms with E-state index in [2.05, 4.69) is 0 Å². The number of esters is 1. The molecular weight excluding hydrogens is 252 g/mol. The average Bonchev–Trinajstić information content (AvgIpc) is 2.87. The molecule has 1 aliphatic carbocycles. The van der Waals surface area contributed by atoms with Crippen LogP contribution in [0.25, 0.3) is 0 Å². The van der Waals surface area contributed by atoms with Crippen molar-refractivity contribution in [1.29, 1.82) is 0 Å². The highest BCUT2D eigenvalue weighted by Crippen LogP contribution is 2.33. The van der Waals surface area contributed by atoms with E-state index in [1.54, 1.807) is 12.1 Å². The Labute approximate surface area is 117 Å². The number of hydrogen-bond donors (Lipinski definition) is 1. The molecule has 0 amide bonds. The summed E-state index contributed by atoms with van der Waals surface area (Å²) in [6.07, 6.45) is 0.956. The van der Waals surface area contributed by atoms with Gasteiger partial charge in [0.2, 0.25) is 0 Å². The van der Waals surface area contributed by atoms with Crippen LogP contribution in [0.15, 0.2) is 48.5 Å². The van der Waals surface area contributed by atoms with E-state index < -0.39 is 6.10 Å². The molecule has 0 radical (unpaired) electrons. The van der Waals surface area contributed by atoms with Crippen LogP contribution in [0.2, 0.25) is 0 Å². The Hall–Kier alpha value is -2.13. The number of aliphatic hydroxyl groups excluding tert-OH is 1. The Morgan fingerprint density at radius 3 is 2.75 bits per heavy atom. The normalized spacial score (nSPS) is 16.8. The largest absolute Gasteiger partial charge is 0.457 e. The van der Waals surface area contributed by atoms with Gasteiger partial charge in [0, 0.05) is 0 Å². The van der Waals surface area contributed by atoms with Gasteiger partial charge in [-0.2, -0.15) is 0 Å². The maximum atomic E-state index is 12.2. The van der Waals surface area contributed by atoms with Crippen LogP contribution in [0.5, 0.6) is 0 Å². The van der Waals surface area contributed by atoms with Crippen LogP contribution in [0.4, 0.5) is 0 Å². The minimum absolute atomic E-state index is 0.270. The van der Waals surface area contributed by atoms with Crippen LogP contribution in [-0.2, 0) is 17.8 Å². The first-order valence-corrected chi connectivity index (χ1v) is 6.76. The van der Waals surface area contributed by atoms with E-state index in [4.69, 9.17) is 4.74 Å². The molecule has 0 saturated carbocycles. The van der Waals surface area contributed by atoms with E-state index >= 15 is 0 Å². The predicted molar refractivity (Wildman–Crippen MR) is 75.3 cm³/mol. The van der Waals surface area contributed by atoms with Crippen molar-refractivity contribution in [2.45, 2.75) is 25.6 Å². The summed E-state index contributed by atoms with van der Waals surface area (Å²) in [5.41, 5.74) is 3.33. The second kappa shape index (κ2) is 5.47. The summed E-state index contributed by atoms with van der Waals surface area (Å²) in [6.45, 7) is 0.270. The molecule has 0 spiro atoms. The number of rotatable bonds is 3. The van der Waals surface area contributed by atoms with E-state index in [-0.39, 0.29) is 12.6 Å². The predicted octanol–water partition coefficient (Wildman–Crippen LogP) is 3.02. The lowest BCUT2D eigenvalue weighted by Crippen LogP contribution is -2.08. The molecule has 1 atom stereocenters. The minimum atomic E-state index is -0.452. The van der Waals surface area contributed by atoms with E-state index in [1.165, 1.54) is 0 Å². The smallest absolute Gasteiger partial charge is 0.338 e. The summed E-state index contributed by atoms with van der Waals surface area (Å²) in [6, 6.07) is 15.0. The lowest BCUT2D eigenvalue weighted by Gasteiger charge is -2.09. The summed E-state index contributed by atoms with van der Waals surface area (Å²) in [5.74, 6) is -0.320. The molecule has 0 aromatic heterocycles. The zero-order valence-corrected chi connectivity index (χ0v) is 11.1. The first-order valence-electron chi connectivity index (χ1n) is 6.76. The lowest BCUT2D eigenvalue weighted by molar-refractivity contribution is 0.0471. The van der Waals surface area contributed by atoms with Gasteiger partial charge >= 0.3 is 5.97 Å². The Balaban J connectivity index is 1.75. The third-order valence-electron chi connectivity index (χ3n) is 3.67. The fraction of sp³-hybridized carbons (Fsp3) is 0.235. The van der Waals surface area contributed by atoms with Gasteiger partial charge in [-0.25, -0.2) is 4.79 Å². The molecule has 0 aliphatic heterocycles. The molecule has 3 heteroatoms. The SMILES string of the molecule is O=C(OCc1ccccc1)c1cccc2c1CC[C@H]2O. The van der Waals surface area contributed by atoms with Gasteiger partial charge in [0.25, 0.3) is 0 Å². The molecule has 2 aromatic carbocycles. The number of carbonyl (C=O) groups is 1. The van der Waals surface area contributed by atoms with Gasteiger partial charge in [-0.3, -0.25) is 0 Å². The molecule has 102 valence electrons. The van der Waals surface area contributed by atoms with Crippen molar-refractivity contribution in [3.05, 3.63) is 70.8 Å². The Bertz CT molecular complexity index is 619. The molecule has 0 bridgehead atoms. The third-order valence-corrected chi connectivity index (χ3v) is 3.67. The molecule has 1 N–H and O–H groups in total. The first-order chi connectivity index (χ1) is 9.75. The van der Waals surface area contributed by atoms with E-state index in [9.17, 15) is 9.90 Å². The zero-order valence-electron chi connectivity index (χ0n) is 11.1. The van der Waals surface area contributed by atoms with E-state index in [1.807, 2.05) is 36.4 Å². The maximum absolute atomic E-state index is 12.2. The molecule has 0 heterocycles. The summed E-state index contributed by atoms with van der Waals surface area (Å²) < 4.78 is 5.35. The molecule has 2 aromatic rings. The van der Waals surface area contributed by atoms with Gasteiger partial charge in [0.05, 0.1) is 11.7 Å². The molecule has 0 fully saturated rings. The summed E-state index contributed by atoms with van der Waals surface area (Å²) in [7, 11) is 0. The van der Waals surface area contributed by atoms with Crippen LogP contribution < -0.4 is 0 Å². The molecule has 3 nitrogen and oxygen atoms in total. The monoisotopic (exact) mass is 268 g/mol. The van der Waals surface area contributed by atoms with Gasteiger partial charge in [-0.1, -0.05) is 42.5 Å². The maximum Gasteiger partial charge on any atom is 0.338 e. The average molecular weight is 268 g/mol. The van der Waals surface area contributed by atoms with Gasteiger partial charge in [0.15, 0.2) is 0 Å². The fourth-order valence-electron chi connectivity index (χ4n) is 2.62. The summed E-state index contributed by atoms with van der Waals surface area (Å²) in [4.78, 5) is 12.2. The third kappa shape index (κ3) is 2.45. The van der Waals surface area contributed by atoms with Gasteiger partial charge in [0.1, 0.15) is 6.61 Å². The van der Waals surface area contributed by atoms with Gasteiger partial charge in [-0.05, 0) is 35.6 Å².